The van der Waals surface area contributed by atoms with Crippen molar-refractivity contribution >= 4 is 24.4 Å². The molecule has 0 saturated heterocycles. The highest BCUT2D eigenvalue weighted by Gasteiger charge is 2.17. The standard InChI is InChI=1S/C12H17N3O2S/c1-8-5-13-4-3-10(8)6-14-12(17)11(7-18)15-9(2)16/h3-5,11,18H,6-7H2,1-2H3,(H,14,17)(H,15,16). The molecule has 1 heterocycles. The second-order valence-corrected chi connectivity index (χ2v) is 4.32. The fourth-order valence-corrected chi connectivity index (χ4v) is 1.70. The molecule has 0 aliphatic carbocycles. The Morgan fingerprint density at radius 2 is 2.22 bits per heavy atom. The van der Waals surface area contributed by atoms with Crippen LogP contribution < -0.4 is 10.6 Å². The quantitative estimate of drug-likeness (QED) is 0.678. The first-order valence-corrected chi connectivity index (χ1v) is 6.23. The summed E-state index contributed by atoms with van der Waals surface area (Å²) in [5, 5.41) is 5.31. The topological polar surface area (TPSA) is 71.1 Å². The van der Waals surface area contributed by atoms with Crippen LogP contribution in [0, 0.1) is 6.92 Å². The van der Waals surface area contributed by atoms with Gasteiger partial charge in [0.05, 0.1) is 0 Å². The summed E-state index contributed by atoms with van der Waals surface area (Å²) in [5.74, 6) is -0.221. The molecule has 0 bridgehead atoms. The average molecular weight is 267 g/mol. The van der Waals surface area contributed by atoms with E-state index in [1.807, 2.05) is 13.0 Å². The van der Waals surface area contributed by atoms with E-state index in [9.17, 15) is 9.59 Å². The maximum Gasteiger partial charge on any atom is 0.243 e. The molecule has 2 N–H and O–H groups in total. The van der Waals surface area contributed by atoms with Crippen molar-refractivity contribution in [2.24, 2.45) is 0 Å². The van der Waals surface area contributed by atoms with Crippen LogP contribution in [0.1, 0.15) is 18.1 Å². The number of aromatic nitrogens is 1. The van der Waals surface area contributed by atoms with Crippen molar-refractivity contribution in [3.63, 3.8) is 0 Å². The number of hydrogen-bond acceptors (Lipinski definition) is 4. The first-order valence-electron chi connectivity index (χ1n) is 5.59. The normalized spacial score (nSPS) is 11.7. The van der Waals surface area contributed by atoms with Gasteiger partial charge in [0.15, 0.2) is 0 Å². The molecule has 2 amide bonds. The molecule has 0 radical (unpaired) electrons. The maximum atomic E-state index is 11.8. The molecule has 98 valence electrons. The first-order chi connectivity index (χ1) is 8.54. The molecule has 0 spiro atoms. The molecule has 5 nitrogen and oxygen atoms in total. The first kappa shape index (κ1) is 14.5. The van der Waals surface area contributed by atoms with Gasteiger partial charge in [0.25, 0.3) is 0 Å². The Morgan fingerprint density at radius 1 is 1.50 bits per heavy atom. The number of carbonyl (C=O) groups is 2. The van der Waals surface area contributed by atoms with Gasteiger partial charge in [0.1, 0.15) is 6.04 Å². The molecule has 1 aromatic heterocycles. The van der Waals surface area contributed by atoms with Crippen LogP contribution in [-0.2, 0) is 16.1 Å². The minimum Gasteiger partial charge on any atom is -0.350 e. The summed E-state index contributed by atoms with van der Waals surface area (Å²) in [6, 6.07) is 1.25. The summed E-state index contributed by atoms with van der Waals surface area (Å²) < 4.78 is 0. The SMILES string of the molecule is CC(=O)NC(CS)C(=O)NCc1ccncc1C. The Balaban J connectivity index is 2.54. The zero-order valence-electron chi connectivity index (χ0n) is 10.4. The molecular formula is C12H17N3O2S. The number of rotatable bonds is 5. The summed E-state index contributed by atoms with van der Waals surface area (Å²) in [7, 11) is 0. The molecular weight excluding hydrogens is 250 g/mol. The predicted molar refractivity (Wildman–Crippen MR) is 72.3 cm³/mol. The van der Waals surface area contributed by atoms with E-state index in [1.54, 1.807) is 12.4 Å². The Labute approximate surface area is 112 Å². The number of carbonyl (C=O) groups excluding carboxylic acids is 2. The molecule has 0 saturated carbocycles. The largest absolute Gasteiger partial charge is 0.350 e. The molecule has 1 unspecified atom stereocenters. The lowest BCUT2D eigenvalue weighted by Crippen LogP contribution is -2.47. The Kier molecular flexibility index (Phi) is 5.64. The van der Waals surface area contributed by atoms with Gasteiger partial charge in [0, 0.05) is 31.6 Å². The van der Waals surface area contributed by atoms with E-state index in [1.165, 1.54) is 6.92 Å². The fourth-order valence-electron chi connectivity index (χ4n) is 1.45. The molecule has 0 aliphatic heterocycles. The molecule has 1 rings (SSSR count). The van der Waals surface area contributed by atoms with Crippen molar-refractivity contribution in [2.45, 2.75) is 26.4 Å². The summed E-state index contributed by atoms with van der Waals surface area (Å²) in [5.41, 5.74) is 2.01. The summed E-state index contributed by atoms with van der Waals surface area (Å²) in [4.78, 5) is 26.7. The second-order valence-electron chi connectivity index (χ2n) is 3.96. The summed E-state index contributed by atoms with van der Waals surface area (Å²) >= 11 is 4.04. The number of nitrogens with zero attached hydrogens (tertiary/aromatic N) is 1. The van der Waals surface area contributed by atoms with Crippen LogP contribution in [0.4, 0.5) is 0 Å². The third-order valence-corrected chi connectivity index (χ3v) is 2.83. The Morgan fingerprint density at radius 3 is 2.78 bits per heavy atom. The number of pyridine rings is 1. The Bertz CT molecular complexity index is 437. The molecule has 6 heteroatoms. The fraction of sp³-hybridized carbons (Fsp3) is 0.417. The van der Waals surface area contributed by atoms with Crippen LogP contribution in [0.2, 0.25) is 0 Å². The van der Waals surface area contributed by atoms with Gasteiger partial charge in [-0.25, -0.2) is 0 Å². The predicted octanol–water partition coefficient (Wildman–Crippen LogP) is 0.441. The minimum atomic E-state index is -0.604. The molecule has 0 aromatic carbocycles. The van der Waals surface area contributed by atoms with Crippen LogP contribution in [0.3, 0.4) is 0 Å². The molecule has 1 atom stereocenters. The highest BCUT2D eigenvalue weighted by atomic mass is 32.1. The van der Waals surface area contributed by atoms with Gasteiger partial charge in [-0.05, 0) is 24.1 Å². The number of hydrogen-bond donors (Lipinski definition) is 3. The number of amides is 2. The van der Waals surface area contributed by atoms with Crippen LogP contribution >= 0.6 is 12.6 Å². The average Bonchev–Trinajstić information content (AvgIpc) is 2.34. The van der Waals surface area contributed by atoms with Crippen LogP contribution in [-0.4, -0.2) is 28.6 Å². The van der Waals surface area contributed by atoms with Gasteiger partial charge in [-0.2, -0.15) is 12.6 Å². The van der Waals surface area contributed by atoms with Crippen LogP contribution in [0.15, 0.2) is 18.5 Å². The van der Waals surface area contributed by atoms with Gasteiger partial charge in [0.2, 0.25) is 11.8 Å². The van der Waals surface area contributed by atoms with Crippen molar-refractivity contribution in [3.05, 3.63) is 29.6 Å². The highest BCUT2D eigenvalue weighted by Crippen LogP contribution is 2.04. The zero-order valence-corrected chi connectivity index (χ0v) is 11.3. The van der Waals surface area contributed by atoms with E-state index in [0.29, 0.717) is 6.54 Å². The maximum absolute atomic E-state index is 11.8. The van der Waals surface area contributed by atoms with E-state index in [0.717, 1.165) is 11.1 Å². The van der Waals surface area contributed by atoms with Crippen molar-refractivity contribution < 1.29 is 9.59 Å². The van der Waals surface area contributed by atoms with E-state index < -0.39 is 6.04 Å². The van der Waals surface area contributed by atoms with Gasteiger partial charge in [-0.1, -0.05) is 0 Å². The third kappa shape index (κ3) is 4.37. The molecule has 0 fully saturated rings. The van der Waals surface area contributed by atoms with Crippen molar-refractivity contribution in [1.82, 2.24) is 15.6 Å². The van der Waals surface area contributed by atoms with Gasteiger partial charge >= 0.3 is 0 Å². The van der Waals surface area contributed by atoms with Crippen molar-refractivity contribution in [2.75, 3.05) is 5.75 Å². The molecule has 1 aromatic rings. The van der Waals surface area contributed by atoms with E-state index >= 15 is 0 Å². The van der Waals surface area contributed by atoms with Crippen molar-refractivity contribution in [1.29, 1.82) is 0 Å². The minimum absolute atomic E-state index is 0.239. The lowest BCUT2D eigenvalue weighted by atomic mass is 10.1. The number of nitrogens with one attached hydrogen (secondary N) is 2. The third-order valence-electron chi connectivity index (χ3n) is 2.47. The zero-order chi connectivity index (χ0) is 13.5. The van der Waals surface area contributed by atoms with E-state index in [4.69, 9.17) is 0 Å². The van der Waals surface area contributed by atoms with Gasteiger partial charge < -0.3 is 10.6 Å². The van der Waals surface area contributed by atoms with Gasteiger partial charge in [-0.3, -0.25) is 14.6 Å². The lowest BCUT2D eigenvalue weighted by molar-refractivity contribution is -0.127. The van der Waals surface area contributed by atoms with E-state index in [2.05, 4.69) is 28.2 Å². The van der Waals surface area contributed by atoms with Gasteiger partial charge in [-0.15, -0.1) is 0 Å². The highest BCUT2D eigenvalue weighted by molar-refractivity contribution is 7.80. The number of aryl methyl sites for hydroxylation is 1. The lowest BCUT2D eigenvalue weighted by Gasteiger charge is -2.15. The molecule has 0 aliphatic rings. The molecule has 18 heavy (non-hydrogen) atoms. The second kappa shape index (κ2) is 7.00. The Hall–Kier alpha value is -1.56. The number of thiol groups is 1. The van der Waals surface area contributed by atoms with Crippen LogP contribution in [0.25, 0.3) is 0 Å². The summed E-state index contributed by atoms with van der Waals surface area (Å²) in [6.07, 6.45) is 3.42. The van der Waals surface area contributed by atoms with E-state index in [-0.39, 0.29) is 17.6 Å². The smallest absolute Gasteiger partial charge is 0.243 e. The summed E-state index contributed by atoms with van der Waals surface area (Å²) in [6.45, 7) is 3.71. The van der Waals surface area contributed by atoms with Crippen molar-refractivity contribution in [3.8, 4) is 0 Å². The van der Waals surface area contributed by atoms with Crippen LogP contribution in [0.5, 0.6) is 0 Å². The monoisotopic (exact) mass is 267 g/mol.